The third kappa shape index (κ3) is 10.2. The predicted octanol–water partition coefficient (Wildman–Crippen LogP) is 5.38. The Labute approximate surface area is 172 Å². The van der Waals surface area contributed by atoms with Crippen molar-refractivity contribution in [2.45, 2.75) is 90.4 Å². The van der Waals surface area contributed by atoms with Crippen molar-refractivity contribution in [3.63, 3.8) is 0 Å². The molecule has 5 nitrogen and oxygen atoms in total. The predicted molar refractivity (Wildman–Crippen MR) is 118 cm³/mol. The number of allylic oxidation sites excluding steroid dienone is 1. The Kier molecular flexibility index (Phi) is 13.6. The van der Waals surface area contributed by atoms with Crippen molar-refractivity contribution in [2.24, 2.45) is 10.7 Å². The molecule has 160 valence electrons. The van der Waals surface area contributed by atoms with Crippen LogP contribution >= 0.6 is 0 Å². The van der Waals surface area contributed by atoms with Gasteiger partial charge in [0, 0.05) is 6.54 Å². The first-order chi connectivity index (χ1) is 13.6. The number of carboxylic acid groups (broad SMARTS) is 1. The van der Waals surface area contributed by atoms with E-state index >= 15 is 0 Å². The lowest BCUT2D eigenvalue weighted by Gasteiger charge is -2.29. The van der Waals surface area contributed by atoms with Gasteiger partial charge in [-0.2, -0.15) is 0 Å². The van der Waals surface area contributed by atoms with Crippen LogP contribution in [0.5, 0.6) is 0 Å². The van der Waals surface area contributed by atoms with E-state index in [-0.39, 0.29) is 11.0 Å². The van der Waals surface area contributed by atoms with Crippen LogP contribution in [0.1, 0.15) is 90.4 Å². The van der Waals surface area contributed by atoms with Gasteiger partial charge in [0.05, 0.1) is 12.6 Å². The van der Waals surface area contributed by atoms with E-state index in [4.69, 9.17) is 5.73 Å². The number of carbonyl (C=O) groups is 1. The average Bonchev–Trinajstić information content (AvgIpc) is 3.03. The Morgan fingerprint density at radius 3 is 2.21 bits per heavy atom. The van der Waals surface area contributed by atoms with E-state index < -0.39 is 5.97 Å². The fourth-order valence-corrected chi connectivity index (χ4v) is 3.81. The lowest BCUT2D eigenvalue weighted by molar-refractivity contribution is -0.777. The van der Waals surface area contributed by atoms with E-state index in [1.807, 2.05) is 6.20 Å². The van der Waals surface area contributed by atoms with E-state index in [2.05, 4.69) is 24.1 Å². The van der Waals surface area contributed by atoms with Gasteiger partial charge in [-0.1, -0.05) is 83.3 Å². The number of hydrogen-bond acceptors (Lipinski definition) is 3. The Morgan fingerprint density at radius 1 is 1.04 bits per heavy atom. The topological polar surface area (TPSA) is 75.7 Å². The highest BCUT2D eigenvalue weighted by Crippen LogP contribution is 2.19. The molecule has 0 aromatic carbocycles. The van der Waals surface area contributed by atoms with Crippen LogP contribution in [-0.4, -0.2) is 41.0 Å². The molecule has 0 saturated carbocycles. The van der Waals surface area contributed by atoms with Crippen LogP contribution in [-0.2, 0) is 4.79 Å². The lowest BCUT2D eigenvalue weighted by atomic mass is 10.1. The quantitative estimate of drug-likeness (QED) is 0.187. The number of unbranched alkanes of at least 4 members (excludes halogenated alkanes) is 11. The number of quaternary nitrogens is 1. The van der Waals surface area contributed by atoms with E-state index in [0.29, 0.717) is 19.5 Å². The molecule has 1 aliphatic heterocycles. The third-order valence-corrected chi connectivity index (χ3v) is 5.48. The molecule has 0 aromatic rings. The number of aliphatic imine (C=N–C) groups is 1. The van der Waals surface area contributed by atoms with E-state index in [0.717, 1.165) is 12.3 Å². The normalized spacial score (nSPS) is 18.9. The molecule has 1 aliphatic rings. The molecule has 3 N–H and O–H groups in total. The monoisotopic (exact) mass is 392 g/mol. The molecule has 0 spiro atoms. The van der Waals surface area contributed by atoms with Crippen molar-refractivity contribution in [1.29, 1.82) is 0 Å². The minimum absolute atomic E-state index is 0.0129. The number of aliphatic carboxylic acids is 1. The van der Waals surface area contributed by atoms with Crippen LogP contribution in [0.3, 0.4) is 0 Å². The highest BCUT2D eigenvalue weighted by atomic mass is 16.4. The second-order valence-electron chi connectivity index (χ2n) is 7.94. The zero-order valence-corrected chi connectivity index (χ0v) is 18.0. The zero-order valence-electron chi connectivity index (χ0n) is 18.0. The van der Waals surface area contributed by atoms with Gasteiger partial charge in [0.15, 0.2) is 6.54 Å². The number of amidine groups is 1. The van der Waals surface area contributed by atoms with Crippen molar-refractivity contribution < 1.29 is 14.4 Å². The van der Waals surface area contributed by atoms with Crippen molar-refractivity contribution in [3.05, 3.63) is 24.6 Å². The third-order valence-electron chi connectivity index (χ3n) is 5.48. The highest BCUT2D eigenvalue weighted by molar-refractivity contribution is 5.82. The number of nitrogens with two attached hydrogens (primary N) is 1. The molecule has 0 radical (unpaired) electrons. The first-order valence-electron chi connectivity index (χ1n) is 11.3. The summed E-state index contributed by atoms with van der Waals surface area (Å²) < 4.78 is 0.259. The molecule has 1 unspecified atom stereocenters. The molecule has 0 aromatic heterocycles. The van der Waals surface area contributed by atoms with Crippen LogP contribution in [0.2, 0.25) is 0 Å². The maximum Gasteiger partial charge on any atom is 0.360 e. The summed E-state index contributed by atoms with van der Waals surface area (Å²) >= 11 is 0. The molecule has 1 atom stereocenters. The van der Waals surface area contributed by atoms with Gasteiger partial charge in [0.1, 0.15) is 12.7 Å². The van der Waals surface area contributed by atoms with Gasteiger partial charge in [0.25, 0.3) is 0 Å². The highest BCUT2D eigenvalue weighted by Gasteiger charge is 2.36. The summed E-state index contributed by atoms with van der Waals surface area (Å²) in [5, 5.41) is 9.21. The van der Waals surface area contributed by atoms with Crippen LogP contribution in [0.15, 0.2) is 29.5 Å². The van der Waals surface area contributed by atoms with Gasteiger partial charge in [0.2, 0.25) is 5.84 Å². The van der Waals surface area contributed by atoms with Crippen LogP contribution in [0.25, 0.3) is 0 Å². The van der Waals surface area contributed by atoms with Crippen LogP contribution in [0.4, 0.5) is 0 Å². The van der Waals surface area contributed by atoms with E-state index in [9.17, 15) is 9.90 Å². The maximum atomic E-state index is 11.2. The first kappa shape index (κ1) is 24.6. The summed E-state index contributed by atoms with van der Waals surface area (Å²) in [5.41, 5.74) is 5.70. The molecule has 28 heavy (non-hydrogen) atoms. The fraction of sp³-hybridized carbons (Fsp3) is 0.739. The Bertz CT molecular complexity index is 514. The number of rotatable bonds is 18. The molecular formula is C23H42N3O2+. The summed E-state index contributed by atoms with van der Waals surface area (Å²) in [4.78, 5) is 15.6. The Balaban J connectivity index is 2.09. The van der Waals surface area contributed by atoms with Crippen LogP contribution in [0, 0.1) is 0 Å². The van der Waals surface area contributed by atoms with Crippen LogP contribution < -0.4 is 5.73 Å². The van der Waals surface area contributed by atoms with Crippen molar-refractivity contribution in [1.82, 2.24) is 0 Å². The summed E-state index contributed by atoms with van der Waals surface area (Å²) in [6.07, 6.45) is 24.7. The average molecular weight is 393 g/mol. The number of nitrogens with zero attached hydrogens (tertiary/aromatic N) is 2. The largest absolute Gasteiger partial charge is 0.477 e. The standard InChI is InChI=1S/C23H41N3O2/c1-2-3-4-5-6-7-8-9-10-11-12-13-14-15-16-22-25-18-20-26(22,19-17-24)21-23(27)28/h14-15,18,20H,2-13,16-17,19,21,24H2,1H3/p+1/b15-14+. The SMILES string of the molecule is CCCCCCCCCCCCC/C=C/CC1=NC=C[N+]1(CCN)CC(=O)O. The zero-order chi connectivity index (χ0) is 20.5. The minimum atomic E-state index is -0.822. The molecule has 0 fully saturated rings. The van der Waals surface area contributed by atoms with Crippen molar-refractivity contribution >= 4 is 11.8 Å². The van der Waals surface area contributed by atoms with E-state index in [1.54, 1.807) is 6.20 Å². The lowest BCUT2D eigenvalue weighted by Crippen LogP contribution is -2.52. The fourth-order valence-electron chi connectivity index (χ4n) is 3.81. The molecular weight excluding hydrogens is 350 g/mol. The Hall–Kier alpha value is -1.46. The second-order valence-corrected chi connectivity index (χ2v) is 7.94. The molecule has 0 aliphatic carbocycles. The minimum Gasteiger partial charge on any atom is -0.477 e. The van der Waals surface area contributed by atoms with Gasteiger partial charge in [-0.3, -0.25) is 0 Å². The molecule has 5 heteroatoms. The van der Waals surface area contributed by atoms with Crippen molar-refractivity contribution in [2.75, 3.05) is 19.6 Å². The number of hydrogen-bond donors (Lipinski definition) is 2. The van der Waals surface area contributed by atoms with Gasteiger partial charge in [-0.05, 0) is 12.8 Å². The van der Waals surface area contributed by atoms with Gasteiger partial charge in [-0.25, -0.2) is 14.3 Å². The molecule has 1 heterocycles. The summed E-state index contributed by atoms with van der Waals surface area (Å²) in [6, 6.07) is 0. The second kappa shape index (κ2) is 15.5. The summed E-state index contributed by atoms with van der Waals surface area (Å²) in [7, 11) is 0. The van der Waals surface area contributed by atoms with Crippen molar-refractivity contribution in [3.8, 4) is 0 Å². The number of carboxylic acids is 1. The smallest absolute Gasteiger partial charge is 0.360 e. The van der Waals surface area contributed by atoms with Gasteiger partial charge >= 0.3 is 5.97 Å². The Morgan fingerprint density at radius 2 is 1.64 bits per heavy atom. The molecule has 0 bridgehead atoms. The van der Waals surface area contributed by atoms with E-state index in [1.165, 1.54) is 70.6 Å². The molecule has 1 rings (SSSR count). The maximum absolute atomic E-state index is 11.2. The first-order valence-corrected chi connectivity index (χ1v) is 11.3. The van der Waals surface area contributed by atoms with Gasteiger partial charge in [-0.15, -0.1) is 0 Å². The molecule has 0 amide bonds. The summed E-state index contributed by atoms with van der Waals surface area (Å²) in [5.74, 6) is 0.0562. The molecule has 0 saturated heterocycles. The van der Waals surface area contributed by atoms with Gasteiger partial charge < -0.3 is 10.8 Å². The summed E-state index contributed by atoms with van der Waals surface area (Å²) in [6.45, 7) is 3.30.